The summed E-state index contributed by atoms with van der Waals surface area (Å²) >= 11 is 1.26. The minimum Gasteiger partial charge on any atom is -0.312 e. The van der Waals surface area contributed by atoms with Crippen molar-refractivity contribution in [1.29, 1.82) is 0 Å². The molecule has 166 valence electrons. The van der Waals surface area contributed by atoms with Crippen molar-refractivity contribution in [3.05, 3.63) is 101 Å². The Morgan fingerprint density at radius 1 is 1.00 bits per heavy atom. The molecule has 5 nitrogen and oxygen atoms in total. The molecule has 0 aliphatic carbocycles. The minimum atomic E-state index is -0.338. The molecular weight excluding hydrogens is 435 g/mol. The van der Waals surface area contributed by atoms with Crippen LogP contribution in [0.15, 0.2) is 84.0 Å². The van der Waals surface area contributed by atoms with Gasteiger partial charge in [-0.2, -0.15) is 5.10 Å². The maximum atomic E-state index is 13.4. The van der Waals surface area contributed by atoms with Crippen molar-refractivity contribution in [2.24, 2.45) is 5.10 Å². The predicted molar refractivity (Wildman–Crippen MR) is 134 cm³/mol. The highest BCUT2D eigenvalue weighted by Crippen LogP contribution is 2.36. The molecule has 0 spiro atoms. The highest BCUT2D eigenvalue weighted by Gasteiger charge is 2.16. The molecule has 1 aromatic heterocycles. The van der Waals surface area contributed by atoms with Crippen molar-refractivity contribution < 1.29 is 9.18 Å². The normalized spacial score (nSPS) is 11.2. The van der Waals surface area contributed by atoms with E-state index in [1.165, 1.54) is 29.0 Å². The van der Waals surface area contributed by atoms with Gasteiger partial charge in [-0.05, 0) is 53.4 Å². The molecule has 0 saturated carbocycles. The van der Waals surface area contributed by atoms with E-state index in [0.29, 0.717) is 32.9 Å². The number of nitrogens with zero attached hydrogens (tertiary/aromatic N) is 2. The summed E-state index contributed by atoms with van der Waals surface area (Å²) in [5.41, 5.74) is 6.93. The number of hydrogen-bond donors (Lipinski definition) is 2. The average Bonchev–Trinajstić information content (AvgIpc) is 3.22. The molecule has 0 fully saturated rings. The van der Waals surface area contributed by atoms with Crippen molar-refractivity contribution in [2.45, 2.75) is 19.8 Å². The molecule has 7 heteroatoms. The summed E-state index contributed by atoms with van der Waals surface area (Å²) in [4.78, 5) is 17.3. The van der Waals surface area contributed by atoms with Crippen molar-refractivity contribution in [3.63, 3.8) is 0 Å². The molecule has 0 bridgehead atoms. The second-order valence-electron chi connectivity index (χ2n) is 7.72. The van der Waals surface area contributed by atoms with E-state index >= 15 is 0 Å². The molecule has 1 amide bonds. The van der Waals surface area contributed by atoms with Crippen LogP contribution in [0.4, 0.5) is 14.5 Å². The lowest BCUT2D eigenvalue weighted by Crippen LogP contribution is -2.11. The second kappa shape index (κ2) is 10.2. The largest absolute Gasteiger partial charge is 0.312 e. The van der Waals surface area contributed by atoms with Gasteiger partial charge in [-0.1, -0.05) is 67.6 Å². The Balaban J connectivity index is 1.56. The second-order valence-corrected chi connectivity index (χ2v) is 8.71. The van der Waals surface area contributed by atoms with Crippen LogP contribution < -0.4 is 10.7 Å². The number of nitrogens with one attached hydrogen (secondary N) is 2. The number of benzene rings is 3. The van der Waals surface area contributed by atoms with Crippen LogP contribution in [-0.4, -0.2) is 17.1 Å². The Morgan fingerprint density at radius 2 is 1.70 bits per heavy atom. The highest BCUT2D eigenvalue weighted by atomic mass is 32.1. The first-order chi connectivity index (χ1) is 16.0. The molecule has 33 heavy (non-hydrogen) atoms. The summed E-state index contributed by atoms with van der Waals surface area (Å²) in [6, 6.07) is 23.1. The van der Waals surface area contributed by atoms with E-state index in [-0.39, 0.29) is 11.7 Å². The molecule has 4 rings (SSSR count). The molecule has 4 aromatic rings. The van der Waals surface area contributed by atoms with E-state index < -0.39 is 0 Å². The Labute approximate surface area is 196 Å². The highest BCUT2D eigenvalue weighted by molar-refractivity contribution is 7.20. The molecule has 1 heterocycles. The van der Waals surface area contributed by atoms with Crippen LogP contribution in [0.25, 0.3) is 11.3 Å². The van der Waals surface area contributed by atoms with E-state index in [1.807, 2.05) is 18.2 Å². The summed E-state index contributed by atoms with van der Waals surface area (Å²) in [6.45, 7) is 4.31. The van der Waals surface area contributed by atoms with Crippen molar-refractivity contribution in [2.75, 3.05) is 10.7 Å². The lowest BCUT2D eigenvalue weighted by Gasteiger charge is -2.05. The fourth-order valence-electron chi connectivity index (χ4n) is 3.15. The number of anilines is 2. The number of thiazole rings is 1. The first kappa shape index (κ1) is 22.4. The predicted octanol–water partition coefficient (Wildman–Crippen LogP) is 6.77. The third-order valence-electron chi connectivity index (χ3n) is 4.98. The number of hydrazone groups is 1. The summed E-state index contributed by atoms with van der Waals surface area (Å²) in [6.07, 6.45) is 1.71. The number of halogens is 1. The van der Waals surface area contributed by atoms with Gasteiger partial charge in [0.2, 0.25) is 5.13 Å². The summed E-state index contributed by atoms with van der Waals surface area (Å²) in [5, 5.41) is 8.26. The van der Waals surface area contributed by atoms with Crippen LogP contribution in [0.5, 0.6) is 0 Å². The molecule has 2 N–H and O–H groups in total. The van der Waals surface area contributed by atoms with Crippen LogP contribution in [0.1, 0.15) is 41.3 Å². The van der Waals surface area contributed by atoms with Gasteiger partial charge in [-0.25, -0.2) is 9.37 Å². The van der Waals surface area contributed by atoms with Crippen LogP contribution in [0.3, 0.4) is 0 Å². The lowest BCUT2D eigenvalue weighted by molar-refractivity contribution is 0.102. The standard InChI is InChI=1S/C26H23FN4OS/c1-17(2)19-10-8-18(9-11-19)16-28-31-26-29-23(20-12-14-22(27)15-13-20)25(33-26)30-24(32)21-6-4-3-5-7-21/h3-17H,1-2H3,(H,29,31)(H,30,32). The number of rotatable bonds is 7. The Morgan fingerprint density at radius 3 is 2.36 bits per heavy atom. The van der Waals surface area contributed by atoms with E-state index in [2.05, 4.69) is 46.8 Å². The number of amides is 1. The van der Waals surface area contributed by atoms with Gasteiger partial charge in [0.05, 0.1) is 6.21 Å². The van der Waals surface area contributed by atoms with Gasteiger partial charge in [-0.3, -0.25) is 10.2 Å². The third kappa shape index (κ3) is 5.70. The van der Waals surface area contributed by atoms with Crippen LogP contribution in [0.2, 0.25) is 0 Å². The minimum absolute atomic E-state index is 0.247. The number of hydrogen-bond acceptors (Lipinski definition) is 5. The van der Waals surface area contributed by atoms with Crippen molar-refractivity contribution in [3.8, 4) is 11.3 Å². The molecule has 0 saturated heterocycles. The Kier molecular flexibility index (Phi) is 6.90. The summed E-state index contributed by atoms with van der Waals surface area (Å²) < 4.78 is 13.4. The smallest absolute Gasteiger partial charge is 0.256 e. The first-order valence-corrected chi connectivity index (χ1v) is 11.3. The Bertz CT molecular complexity index is 1250. The quantitative estimate of drug-likeness (QED) is 0.237. The summed E-state index contributed by atoms with van der Waals surface area (Å²) in [5.74, 6) is -0.114. The zero-order valence-corrected chi connectivity index (χ0v) is 19.1. The van der Waals surface area contributed by atoms with Gasteiger partial charge in [-0.15, -0.1) is 0 Å². The first-order valence-electron chi connectivity index (χ1n) is 10.5. The monoisotopic (exact) mass is 458 g/mol. The van der Waals surface area contributed by atoms with Gasteiger partial charge in [0, 0.05) is 11.1 Å². The maximum Gasteiger partial charge on any atom is 0.256 e. The molecule has 0 radical (unpaired) electrons. The maximum absolute atomic E-state index is 13.4. The molecule has 0 aliphatic rings. The zero-order chi connectivity index (χ0) is 23.2. The van der Waals surface area contributed by atoms with Crippen LogP contribution >= 0.6 is 11.3 Å². The van der Waals surface area contributed by atoms with E-state index in [0.717, 1.165) is 5.56 Å². The summed E-state index contributed by atoms with van der Waals surface area (Å²) in [7, 11) is 0. The molecule has 0 unspecified atom stereocenters. The fraction of sp³-hybridized carbons (Fsp3) is 0.115. The van der Waals surface area contributed by atoms with Crippen LogP contribution in [0, 0.1) is 5.82 Å². The number of aromatic nitrogens is 1. The van der Waals surface area contributed by atoms with Crippen LogP contribution in [-0.2, 0) is 0 Å². The van der Waals surface area contributed by atoms with Crippen molar-refractivity contribution in [1.82, 2.24) is 4.98 Å². The molecule has 3 aromatic carbocycles. The molecule has 0 atom stereocenters. The van der Waals surface area contributed by atoms with Gasteiger partial charge in [0.25, 0.3) is 5.91 Å². The van der Waals surface area contributed by atoms with Gasteiger partial charge >= 0.3 is 0 Å². The SMILES string of the molecule is CC(C)c1ccc(C=NNc2nc(-c3ccc(F)cc3)c(NC(=O)c3ccccc3)s2)cc1. The number of carbonyl (C=O) groups excluding carboxylic acids is 1. The topological polar surface area (TPSA) is 66.4 Å². The number of carbonyl (C=O) groups is 1. The fourth-order valence-corrected chi connectivity index (χ4v) is 3.98. The molecule has 0 aliphatic heterocycles. The van der Waals surface area contributed by atoms with E-state index in [4.69, 9.17) is 0 Å². The van der Waals surface area contributed by atoms with Gasteiger partial charge in [0.15, 0.2) is 0 Å². The zero-order valence-electron chi connectivity index (χ0n) is 18.2. The van der Waals surface area contributed by atoms with E-state index in [9.17, 15) is 9.18 Å². The lowest BCUT2D eigenvalue weighted by atomic mass is 10.0. The Hall–Kier alpha value is -3.84. The molecular formula is C26H23FN4OS. The van der Waals surface area contributed by atoms with E-state index in [1.54, 1.807) is 42.6 Å². The van der Waals surface area contributed by atoms with Gasteiger partial charge < -0.3 is 5.32 Å². The van der Waals surface area contributed by atoms with Gasteiger partial charge in [0.1, 0.15) is 16.5 Å². The van der Waals surface area contributed by atoms with Crippen molar-refractivity contribution >= 4 is 33.6 Å². The average molecular weight is 459 g/mol. The third-order valence-corrected chi connectivity index (χ3v) is 5.86.